The summed E-state index contributed by atoms with van der Waals surface area (Å²) in [6.07, 6.45) is 4.64. The highest BCUT2D eigenvalue weighted by atomic mass is 32.1. The quantitative estimate of drug-likeness (QED) is 0.357. The highest BCUT2D eigenvalue weighted by Gasteiger charge is 2.34. The molecule has 0 spiro atoms. The lowest BCUT2D eigenvalue weighted by atomic mass is 9.69. The number of methoxy groups -OCH3 is 1. The van der Waals surface area contributed by atoms with Crippen LogP contribution in [0.1, 0.15) is 60.0 Å². The first kappa shape index (κ1) is 25.1. The van der Waals surface area contributed by atoms with Gasteiger partial charge in [-0.25, -0.2) is 4.79 Å². The van der Waals surface area contributed by atoms with Gasteiger partial charge in [0.1, 0.15) is 17.6 Å². The second-order valence-electron chi connectivity index (χ2n) is 8.95. The number of pyridine rings is 1. The highest BCUT2D eigenvalue weighted by Crippen LogP contribution is 2.45. The summed E-state index contributed by atoms with van der Waals surface area (Å²) in [5, 5.41) is 24.0. The summed E-state index contributed by atoms with van der Waals surface area (Å²) in [6, 6.07) is 3.00. The van der Waals surface area contributed by atoms with Gasteiger partial charge in [-0.05, 0) is 36.2 Å². The number of nitro groups is 1. The van der Waals surface area contributed by atoms with Crippen LogP contribution in [0.5, 0.6) is 0 Å². The topological polar surface area (TPSA) is 144 Å². The number of nitriles is 1. The van der Waals surface area contributed by atoms with Gasteiger partial charge in [0.2, 0.25) is 5.91 Å². The normalized spacial score (nSPS) is 15.2. The van der Waals surface area contributed by atoms with Crippen LogP contribution in [0.25, 0.3) is 0 Å². The highest BCUT2D eigenvalue weighted by molar-refractivity contribution is 7.16. The number of nitrogens with zero attached hydrogens (tertiary/aromatic N) is 3. The monoisotopic (exact) mass is 486 g/mol. The number of carbonyl (C=O) groups excluding carboxylic acids is 2. The summed E-state index contributed by atoms with van der Waals surface area (Å²) in [5.41, 5.74) is -0.559. The molecule has 0 aliphatic heterocycles. The SMILES string of the molecule is CCC(C)(C)C1CCc2c(sc(NC(=O)Cn3cc(C(=O)OC)cc([N+](=O)[O-])c3=O)c2C#N)C1. The van der Waals surface area contributed by atoms with Gasteiger partial charge in [-0.3, -0.25) is 24.3 Å². The first-order valence-corrected chi connectivity index (χ1v) is 11.7. The van der Waals surface area contributed by atoms with Crippen LogP contribution in [0.2, 0.25) is 0 Å². The summed E-state index contributed by atoms with van der Waals surface area (Å²) in [7, 11) is 1.10. The van der Waals surface area contributed by atoms with Crippen LogP contribution in [0.3, 0.4) is 0 Å². The summed E-state index contributed by atoms with van der Waals surface area (Å²) >= 11 is 1.36. The molecule has 1 aliphatic carbocycles. The number of carbonyl (C=O) groups is 2. The minimum absolute atomic E-state index is 0.165. The standard InChI is InChI=1S/C23H26N4O6S/c1-5-23(2,3)14-6-7-15-16(10-24)20(34-18(15)9-14)25-19(28)12-26-11-13(22(30)33-4)8-17(21(26)29)27(31)32/h8,11,14H,5-7,9,12H2,1-4H3,(H,25,28). The molecule has 1 N–H and O–H groups in total. The number of aromatic nitrogens is 1. The molecule has 0 saturated heterocycles. The van der Waals surface area contributed by atoms with Crippen molar-refractivity contribution in [2.24, 2.45) is 11.3 Å². The zero-order chi connectivity index (χ0) is 25.2. The maximum atomic E-state index is 12.8. The largest absolute Gasteiger partial charge is 0.465 e. The molecule has 0 saturated carbocycles. The number of nitrogens with one attached hydrogen (secondary N) is 1. The van der Waals surface area contributed by atoms with Gasteiger partial charge in [0, 0.05) is 17.1 Å². The molecule has 0 bridgehead atoms. The van der Waals surface area contributed by atoms with E-state index in [9.17, 15) is 29.8 Å². The van der Waals surface area contributed by atoms with Crippen LogP contribution in [0, 0.1) is 32.8 Å². The van der Waals surface area contributed by atoms with Crippen molar-refractivity contribution in [2.45, 2.75) is 53.0 Å². The number of amides is 1. The minimum Gasteiger partial charge on any atom is -0.465 e. The Morgan fingerprint density at radius 2 is 2.15 bits per heavy atom. The third-order valence-electron chi connectivity index (χ3n) is 6.65. The molecule has 2 heterocycles. The molecule has 0 aromatic carbocycles. The molecule has 11 heteroatoms. The van der Waals surface area contributed by atoms with Crippen molar-refractivity contribution in [3.8, 4) is 6.07 Å². The van der Waals surface area contributed by atoms with Gasteiger partial charge in [0.15, 0.2) is 0 Å². The van der Waals surface area contributed by atoms with Crippen LogP contribution < -0.4 is 10.9 Å². The zero-order valence-electron chi connectivity index (χ0n) is 19.5. The molecule has 10 nitrogen and oxygen atoms in total. The lowest BCUT2D eigenvalue weighted by Gasteiger charge is -2.36. The van der Waals surface area contributed by atoms with Crippen molar-refractivity contribution in [1.82, 2.24) is 4.57 Å². The average molecular weight is 487 g/mol. The zero-order valence-corrected chi connectivity index (χ0v) is 20.3. The Morgan fingerprint density at radius 1 is 1.44 bits per heavy atom. The number of esters is 1. The summed E-state index contributed by atoms with van der Waals surface area (Å²) in [6.45, 7) is 6.08. The van der Waals surface area contributed by atoms with Crippen LogP contribution in [0.15, 0.2) is 17.1 Å². The Labute approximate surface area is 200 Å². The van der Waals surface area contributed by atoms with Crippen molar-refractivity contribution in [3.63, 3.8) is 0 Å². The Morgan fingerprint density at radius 3 is 2.74 bits per heavy atom. The van der Waals surface area contributed by atoms with Gasteiger partial charge in [-0.15, -0.1) is 11.3 Å². The van der Waals surface area contributed by atoms with Crippen molar-refractivity contribution >= 4 is 33.9 Å². The lowest BCUT2D eigenvalue weighted by Crippen LogP contribution is -2.29. The molecule has 0 fully saturated rings. The molecule has 2 aromatic heterocycles. The van der Waals surface area contributed by atoms with Gasteiger partial charge in [0.25, 0.3) is 0 Å². The first-order chi connectivity index (χ1) is 16.0. The second kappa shape index (κ2) is 9.77. The van der Waals surface area contributed by atoms with Crippen LogP contribution >= 0.6 is 11.3 Å². The van der Waals surface area contributed by atoms with Crippen molar-refractivity contribution in [3.05, 3.63) is 54.3 Å². The van der Waals surface area contributed by atoms with Gasteiger partial charge in [-0.1, -0.05) is 27.2 Å². The first-order valence-electron chi connectivity index (χ1n) is 10.8. The molecule has 0 radical (unpaired) electrons. The molecule has 34 heavy (non-hydrogen) atoms. The van der Waals surface area contributed by atoms with Gasteiger partial charge in [0.05, 0.1) is 23.2 Å². The van der Waals surface area contributed by atoms with Gasteiger partial charge in [-0.2, -0.15) is 5.26 Å². The molecule has 1 unspecified atom stereocenters. The Kier molecular flexibility index (Phi) is 7.21. The number of hydrogen-bond donors (Lipinski definition) is 1. The third kappa shape index (κ3) is 4.87. The summed E-state index contributed by atoms with van der Waals surface area (Å²) < 4.78 is 5.36. The van der Waals surface area contributed by atoms with Gasteiger partial charge >= 0.3 is 17.2 Å². The summed E-state index contributed by atoms with van der Waals surface area (Å²) in [5.74, 6) is -1.04. The minimum atomic E-state index is -1.02. The molecule has 2 aromatic rings. The molecule has 180 valence electrons. The molecule has 3 rings (SSSR count). The van der Waals surface area contributed by atoms with Crippen molar-refractivity contribution < 1.29 is 19.2 Å². The number of fused-ring (bicyclic) bond motifs is 1. The lowest BCUT2D eigenvalue weighted by molar-refractivity contribution is -0.386. The van der Waals surface area contributed by atoms with E-state index in [0.717, 1.165) is 60.1 Å². The van der Waals surface area contributed by atoms with E-state index in [4.69, 9.17) is 0 Å². The molecular formula is C23H26N4O6S. The second-order valence-corrected chi connectivity index (χ2v) is 10.1. The molecule has 1 aliphatic rings. The van der Waals surface area contributed by atoms with Crippen LogP contribution in [-0.2, 0) is 28.9 Å². The summed E-state index contributed by atoms with van der Waals surface area (Å²) in [4.78, 5) is 48.4. The maximum Gasteiger partial charge on any atom is 0.339 e. The molecular weight excluding hydrogens is 460 g/mol. The van der Waals surface area contributed by atoms with Crippen molar-refractivity contribution in [2.75, 3.05) is 12.4 Å². The number of thiophene rings is 1. The van der Waals surface area contributed by atoms with Crippen molar-refractivity contribution in [1.29, 1.82) is 5.26 Å². The number of ether oxygens (including phenoxy) is 1. The fourth-order valence-corrected chi connectivity index (χ4v) is 5.46. The van der Waals surface area contributed by atoms with E-state index < -0.39 is 34.6 Å². The van der Waals surface area contributed by atoms with E-state index in [1.807, 2.05) is 0 Å². The average Bonchev–Trinajstić information content (AvgIpc) is 3.15. The molecule has 1 amide bonds. The van der Waals surface area contributed by atoms with Gasteiger partial charge < -0.3 is 10.1 Å². The molecule has 1 atom stereocenters. The predicted molar refractivity (Wildman–Crippen MR) is 126 cm³/mol. The van der Waals surface area contributed by atoms with E-state index in [1.54, 1.807) is 0 Å². The van der Waals surface area contributed by atoms with E-state index in [0.29, 0.717) is 16.5 Å². The fourth-order valence-electron chi connectivity index (χ4n) is 4.17. The fraction of sp³-hybridized carbons (Fsp3) is 0.478. The van der Waals surface area contributed by atoms with E-state index in [2.05, 4.69) is 36.9 Å². The van der Waals surface area contributed by atoms with E-state index in [-0.39, 0.29) is 11.0 Å². The van der Waals surface area contributed by atoms with Crippen LogP contribution in [-0.4, -0.2) is 28.5 Å². The third-order valence-corrected chi connectivity index (χ3v) is 7.82. The Hall–Kier alpha value is -3.52. The Bertz CT molecular complexity index is 1250. The Balaban J connectivity index is 1.87. The number of anilines is 1. The number of rotatable bonds is 7. The smallest absolute Gasteiger partial charge is 0.339 e. The predicted octanol–water partition coefficient (Wildman–Crippen LogP) is 3.66. The van der Waals surface area contributed by atoms with E-state index >= 15 is 0 Å². The maximum absolute atomic E-state index is 12.8. The number of hydrogen-bond acceptors (Lipinski definition) is 8. The van der Waals surface area contributed by atoms with Crippen LogP contribution in [0.4, 0.5) is 10.7 Å². The van der Waals surface area contributed by atoms with E-state index in [1.165, 1.54) is 11.3 Å².